The Morgan fingerprint density at radius 1 is 0.800 bits per heavy atom. The normalized spacial score (nSPS) is 46.2. The number of aliphatic hydroxyl groups excluding tert-OH is 1. The van der Waals surface area contributed by atoms with Crippen molar-refractivity contribution in [2.24, 2.45) is 11.8 Å². The first-order valence-corrected chi connectivity index (χ1v) is 6.75. The standard InChI is InChI=1S/C13H23NO/c15-13-7-12(8-13)14-11-3-1-2-10(6-11)9-4-5-9/h9-15H,1-8H2. The first-order chi connectivity index (χ1) is 7.31. The van der Waals surface area contributed by atoms with E-state index in [1.165, 1.54) is 38.5 Å². The van der Waals surface area contributed by atoms with Crippen LogP contribution >= 0.6 is 0 Å². The minimum absolute atomic E-state index is 0.00896. The van der Waals surface area contributed by atoms with Gasteiger partial charge in [-0.1, -0.05) is 12.8 Å². The van der Waals surface area contributed by atoms with Gasteiger partial charge in [-0.2, -0.15) is 0 Å². The molecule has 0 aliphatic heterocycles. The van der Waals surface area contributed by atoms with Crippen LogP contribution in [-0.2, 0) is 0 Å². The SMILES string of the molecule is OC1CC(NC2CCCC(C3CC3)C2)C1. The fourth-order valence-corrected chi connectivity index (χ4v) is 3.43. The van der Waals surface area contributed by atoms with Crippen molar-refractivity contribution in [1.82, 2.24) is 5.32 Å². The highest BCUT2D eigenvalue weighted by atomic mass is 16.3. The van der Waals surface area contributed by atoms with Gasteiger partial charge >= 0.3 is 0 Å². The number of hydrogen-bond donors (Lipinski definition) is 2. The molecule has 3 fully saturated rings. The summed E-state index contributed by atoms with van der Waals surface area (Å²) in [5.74, 6) is 2.11. The van der Waals surface area contributed by atoms with Gasteiger partial charge in [0.05, 0.1) is 6.10 Å². The van der Waals surface area contributed by atoms with Gasteiger partial charge in [-0.05, 0) is 50.4 Å². The molecule has 15 heavy (non-hydrogen) atoms. The molecule has 3 rings (SSSR count). The fourth-order valence-electron chi connectivity index (χ4n) is 3.43. The average molecular weight is 209 g/mol. The molecule has 0 radical (unpaired) electrons. The lowest BCUT2D eigenvalue weighted by molar-refractivity contribution is 0.0529. The van der Waals surface area contributed by atoms with Crippen LogP contribution in [0.2, 0.25) is 0 Å². The van der Waals surface area contributed by atoms with E-state index in [9.17, 15) is 5.11 Å². The first-order valence-electron chi connectivity index (χ1n) is 6.75. The van der Waals surface area contributed by atoms with Gasteiger partial charge in [-0.25, -0.2) is 0 Å². The van der Waals surface area contributed by atoms with E-state index in [0.717, 1.165) is 30.7 Å². The summed E-state index contributed by atoms with van der Waals surface area (Å²) in [5, 5.41) is 13.0. The van der Waals surface area contributed by atoms with Crippen molar-refractivity contribution in [1.29, 1.82) is 0 Å². The average Bonchev–Trinajstić information content (AvgIpc) is 2.99. The molecule has 3 saturated carbocycles. The number of hydrogen-bond acceptors (Lipinski definition) is 2. The topological polar surface area (TPSA) is 32.3 Å². The Morgan fingerprint density at radius 3 is 2.27 bits per heavy atom. The smallest absolute Gasteiger partial charge is 0.0570 e. The molecule has 0 aromatic heterocycles. The molecule has 3 aliphatic rings. The molecule has 0 amide bonds. The van der Waals surface area contributed by atoms with Gasteiger partial charge in [-0.3, -0.25) is 0 Å². The van der Waals surface area contributed by atoms with Gasteiger partial charge in [0, 0.05) is 12.1 Å². The van der Waals surface area contributed by atoms with Crippen molar-refractivity contribution < 1.29 is 5.11 Å². The van der Waals surface area contributed by atoms with Crippen LogP contribution in [0.15, 0.2) is 0 Å². The predicted octanol–water partition coefficient (Wildman–Crippen LogP) is 2.07. The van der Waals surface area contributed by atoms with E-state index in [4.69, 9.17) is 0 Å². The second-order valence-electron chi connectivity index (χ2n) is 5.95. The Bertz CT molecular complexity index is 221. The van der Waals surface area contributed by atoms with Crippen molar-refractivity contribution >= 4 is 0 Å². The summed E-state index contributed by atoms with van der Waals surface area (Å²) in [4.78, 5) is 0. The molecule has 2 heteroatoms. The molecule has 0 aromatic rings. The van der Waals surface area contributed by atoms with Gasteiger partial charge in [-0.15, -0.1) is 0 Å². The van der Waals surface area contributed by atoms with Crippen LogP contribution in [-0.4, -0.2) is 23.3 Å². The Balaban J connectivity index is 1.44. The van der Waals surface area contributed by atoms with E-state index >= 15 is 0 Å². The molecule has 2 N–H and O–H groups in total. The Morgan fingerprint density at radius 2 is 1.60 bits per heavy atom. The van der Waals surface area contributed by atoms with Crippen molar-refractivity contribution in [2.45, 2.75) is 69.6 Å². The van der Waals surface area contributed by atoms with Crippen molar-refractivity contribution in [3.63, 3.8) is 0 Å². The highest BCUT2D eigenvalue weighted by Crippen LogP contribution is 2.44. The van der Waals surface area contributed by atoms with Crippen LogP contribution < -0.4 is 5.32 Å². The zero-order valence-electron chi connectivity index (χ0n) is 9.49. The molecule has 3 aliphatic carbocycles. The third-order valence-corrected chi connectivity index (χ3v) is 4.59. The van der Waals surface area contributed by atoms with E-state index in [2.05, 4.69) is 5.32 Å². The minimum atomic E-state index is -0.00896. The molecule has 0 heterocycles. The summed E-state index contributed by atoms with van der Waals surface area (Å²) < 4.78 is 0. The van der Waals surface area contributed by atoms with Crippen LogP contribution in [0.4, 0.5) is 0 Å². The van der Waals surface area contributed by atoms with E-state index in [1.807, 2.05) is 0 Å². The lowest BCUT2D eigenvalue weighted by atomic mass is 9.81. The molecular weight excluding hydrogens is 186 g/mol. The summed E-state index contributed by atoms with van der Waals surface area (Å²) in [6.45, 7) is 0. The summed E-state index contributed by atoms with van der Waals surface area (Å²) in [7, 11) is 0. The molecule has 0 spiro atoms. The summed E-state index contributed by atoms with van der Waals surface area (Å²) in [5.41, 5.74) is 0. The minimum Gasteiger partial charge on any atom is -0.393 e. The zero-order chi connectivity index (χ0) is 10.3. The molecule has 2 unspecified atom stereocenters. The molecule has 0 bridgehead atoms. The first kappa shape index (κ1) is 10.1. The molecule has 0 aromatic carbocycles. The number of nitrogens with one attached hydrogen (secondary N) is 1. The maximum absolute atomic E-state index is 9.26. The van der Waals surface area contributed by atoms with Crippen LogP contribution in [0.25, 0.3) is 0 Å². The van der Waals surface area contributed by atoms with Crippen LogP contribution in [0, 0.1) is 11.8 Å². The van der Waals surface area contributed by atoms with Crippen LogP contribution in [0.1, 0.15) is 51.4 Å². The van der Waals surface area contributed by atoms with Crippen LogP contribution in [0.5, 0.6) is 0 Å². The van der Waals surface area contributed by atoms with Gasteiger partial charge in [0.1, 0.15) is 0 Å². The Kier molecular flexibility index (Phi) is 2.73. The molecular formula is C13H23NO. The van der Waals surface area contributed by atoms with Gasteiger partial charge in [0.25, 0.3) is 0 Å². The van der Waals surface area contributed by atoms with Gasteiger partial charge < -0.3 is 10.4 Å². The third kappa shape index (κ3) is 2.36. The van der Waals surface area contributed by atoms with Crippen molar-refractivity contribution in [3.8, 4) is 0 Å². The fraction of sp³-hybridized carbons (Fsp3) is 1.00. The second kappa shape index (κ2) is 4.06. The second-order valence-corrected chi connectivity index (χ2v) is 5.95. The van der Waals surface area contributed by atoms with Gasteiger partial charge in [0.15, 0.2) is 0 Å². The third-order valence-electron chi connectivity index (χ3n) is 4.59. The largest absolute Gasteiger partial charge is 0.393 e. The molecule has 86 valence electrons. The van der Waals surface area contributed by atoms with E-state index in [1.54, 1.807) is 0 Å². The predicted molar refractivity (Wildman–Crippen MR) is 60.6 cm³/mol. The monoisotopic (exact) mass is 209 g/mol. The summed E-state index contributed by atoms with van der Waals surface area (Å²) in [6.07, 6.45) is 10.7. The lowest BCUT2D eigenvalue weighted by Gasteiger charge is -2.38. The molecule has 2 nitrogen and oxygen atoms in total. The Labute approximate surface area is 92.4 Å². The maximum Gasteiger partial charge on any atom is 0.0570 e. The van der Waals surface area contributed by atoms with Crippen molar-refractivity contribution in [3.05, 3.63) is 0 Å². The number of aliphatic hydroxyl groups is 1. The molecule has 0 saturated heterocycles. The molecule has 2 atom stereocenters. The van der Waals surface area contributed by atoms with Crippen LogP contribution in [0.3, 0.4) is 0 Å². The number of rotatable bonds is 3. The summed E-state index contributed by atoms with van der Waals surface area (Å²) in [6, 6.07) is 1.39. The highest BCUT2D eigenvalue weighted by molar-refractivity contribution is 4.92. The summed E-state index contributed by atoms with van der Waals surface area (Å²) >= 11 is 0. The Hall–Kier alpha value is -0.0800. The lowest BCUT2D eigenvalue weighted by Crippen LogP contribution is -2.49. The van der Waals surface area contributed by atoms with Gasteiger partial charge in [0.2, 0.25) is 0 Å². The van der Waals surface area contributed by atoms with E-state index in [-0.39, 0.29) is 6.10 Å². The van der Waals surface area contributed by atoms with E-state index in [0.29, 0.717) is 6.04 Å². The highest BCUT2D eigenvalue weighted by Gasteiger charge is 2.36. The maximum atomic E-state index is 9.26. The zero-order valence-corrected chi connectivity index (χ0v) is 9.49. The van der Waals surface area contributed by atoms with E-state index < -0.39 is 0 Å². The van der Waals surface area contributed by atoms with Crippen molar-refractivity contribution in [2.75, 3.05) is 0 Å². The quantitative estimate of drug-likeness (QED) is 0.746.